The average Bonchev–Trinajstić information content (AvgIpc) is 3.32. The summed E-state index contributed by atoms with van der Waals surface area (Å²) in [4.78, 5) is 6.61. The zero-order valence-corrected chi connectivity index (χ0v) is 13.1. The van der Waals surface area contributed by atoms with E-state index in [4.69, 9.17) is 0 Å². The van der Waals surface area contributed by atoms with E-state index in [-0.39, 0.29) is 4.90 Å². The van der Waals surface area contributed by atoms with E-state index >= 15 is 0 Å². The summed E-state index contributed by atoms with van der Waals surface area (Å²) in [6.07, 6.45) is 5.69. The molecule has 0 atom stereocenters. The Bertz CT molecular complexity index is 593. The molecular formula is C14H22N4O2S. The normalized spacial score (nSPS) is 21.4. The van der Waals surface area contributed by atoms with Gasteiger partial charge >= 0.3 is 0 Å². The fourth-order valence-electron chi connectivity index (χ4n) is 2.75. The van der Waals surface area contributed by atoms with Gasteiger partial charge in [-0.2, -0.15) is 4.31 Å². The van der Waals surface area contributed by atoms with Gasteiger partial charge in [0.15, 0.2) is 0 Å². The van der Waals surface area contributed by atoms with Crippen LogP contribution in [0, 0.1) is 5.92 Å². The molecule has 1 aliphatic carbocycles. The van der Waals surface area contributed by atoms with E-state index in [1.165, 1.54) is 19.0 Å². The topological polar surface area (TPSA) is 65.5 Å². The number of nitrogens with one attached hydrogen (secondary N) is 1. The summed E-state index contributed by atoms with van der Waals surface area (Å²) in [5, 5.41) is 2.93. The van der Waals surface area contributed by atoms with Gasteiger partial charge in [-0.05, 0) is 24.8 Å². The summed E-state index contributed by atoms with van der Waals surface area (Å²) < 4.78 is 27.0. The van der Waals surface area contributed by atoms with Gasteiger partial charge in [0.1, 0.15) is 4.90 Å². The molecule has 1 aromatic rings. The van der Waals surface area contributed by atoms with Gasteiger partial charge in [0.25, 0.3) is 0 Å². The molecule has 6 nitrogen and oxygen atoms in total. The van der Waals surface area contributed by atoms with Crippen molar-refractivity contribution in [3.05, 3.63) is 18.5 Å². The van der Waals surface area contributed by atoms with Crippen LogP contribution in [0.5, 0.6) is 0 Å². The third kappa shape index (κ3) is 3.20. The zero-order chi connectivity index (χ0) is 14.9. The second kappa shape index (κ2) is 5.90. The van der Waals surface area contributed by atoms with Crippen LogP contribution in [-0.2, 0) is 10.0 Å². The van der Waals surface area contributed by atoms with Crippen LogP contribution in [0.25, 0.3) is 0 Å². The summed E-state index contributed by atoms with van der Waals surface area (Å²) in [7, 11) is -1.74. The maximum absolute atomic E-state index is 12.7. The number of aromatic nitrogens is 1. The average molecular weight is 310 g/mol. The van der Waals surface area contributed by atoms with E-state index in [9.17, 15) is 8.42 Å². The smallest absolute Gasteiger partial charge is 0.246 e. The third-order valence-corrected chi connectivity index (χ3v) is 6.14. The number of rotatable bonds is 5. The van der Waals surface area contributed by atoms with Gasteiger partial charge in [0.05, 0.1) is 5.69 Å². The number of hydrogen-bond donors (Lipinski definition) is 1. The van der Waals surface area contributed by atoms with Gasteiger partial charge in [-0.1, -0.05) is 0 Å². The Morgan fingerprint density at radius 1 is 1.29 bits per heavy atom. The monoisotopic (exact) mass is 310 g/mol. The van der Waals surface area contributed by atoms with Crippen molar-refractivity contribution in [2.75, 3.05) is 45.1 Å². The van der Waals surface area contributed by atoms with Crippen molar-refractivity contribution < 1.29 is 8.42 Å². The first-order valence-electron chi connectivity index (χ1n) is 7.45. The Morgan fingerprint density at radius 3 is 2.62 bits per heavy atom. The van der Waals surface area contributed by atoms with E-state index in [1.807, 2.05) is 0 Å². The molecule has 0 amide bonds. The molecule has 7 heteroatoms. The third-order valence-electron chi connectivity index (χ3n) is 4.22. The second-order valence-electron chi connectivity index (χ2n) is 5.77. The molecule has 0 bridgehead atoms. The molecule has 2 fully saturated rings. The number of piperazine rings is 1. The Morgan fingerprint density at radius 2 is 2.00 bits per heavy atom. The van der Waals surface area contributed by atoms with Crippen molar-refractivity contribution in [2.24, 2.45) is 5.92 Å². The molecule has 1 saturated carbocycles. The quantitative estimate of drug-likeness (QED) is 0.873. The van der Waals surface area contributed by atoms with E-state index < -0.39 is 10.0 Å². The summed E-state index contributed by atoms with van der Waals surface area (Å²) in [5.74, 6) is 0.849. The van der Waals surface area contributed by atoms with Crippen molar-refractivity contribution >= 4 is 15.7 Å². The van der Waals surface area contributed by atoms with Crippen LogP contribution in [0.2, 0.25) is 0 Å². The lowest BCUT2D eigenvalue weighted by molar-refractivity contribution is 0.182. The Kier molecular flexibility index (Phi) is 4.14. The molecule has 2 heterocycles. The highest BCUT2D eigenvalue weighted by Crippen LogP contribution is 2.30. The number of sulfonamides is 1. The fraction of sp³-hybridized carbons (Fsp3) is 0.643. The van der Waals surface area contributed by atoms with Crippen molar-refractivity contribution in [1.82, 2.24) is 14.2 Å². The first-order valence-corrected chi connectivity index (χ1v) is 8.89. The van der Waals surface area contributed by atoms with Gasteiger partial charge in [-0.25, -0.2) is 8.42 Å². The molecule has 0 aromatic carbocycles. The number of nitrogens with zero attached hydrogens (tertiary/aromatic N) is 3. The minimum absolute atomic E-state index is 0.267. The SMILES string of the molecule is CNc1ccncc1S(=O)(=O)N1CCN(CC2CC2)CC1. The van der Waals surface area contributed by atoms with Crippen LogP contribution in [0.15, 0.2) is 23.4 Å². The van der Waals surface area contributed by atoms with Crippen LogP contribution in [0.3, 0.4) is 0 Å². The van der Waals surface area contributed by atoms with Crippen molar-refractivity contribution in [3.8, 4) is 0 Å². The van der Waals surface area contributed by atoms with Crippen LogP contribution >= 0.6 is 0 Å². The summed E-state index contributed by atoms with van der Waals surface area (Å²) in [6, 6.07) is 1.69. The lowest BCUT2D eigenvalue weighted by Crippen LogP contribution is -2.49. The molecule has 1 aromatic heterocycles. The molecule has 0 unspecified atom stereocenters. The number of anilines is 1. The van der Waals surface area contributed by atoms with Crippen LogP contribution < -0.4 is 5.32 Å². The lowest BCUT2D eigenvalue weighted by atomic mass is 10.3. The Labute approximate surface area is 126 Å². The van der Waals surface area contributed by atoms with Crippen molar-refractivity contribution in [1.29, 1.82) is 0 Å². The molecule has 3 rings (SSSR count). The van der Waals surface area contributed by atoms with Gasteiger partial charge in [0, 0.05) is 52.2 Å². The Balaban J connectivity index is 1.70. The minimum atomic E-state index is -3.46. The predicted octanol–water partition coefficient (Wildman–Crippen LogP) is 0.840. The maximum Gasteiger partial charge on any atom is 0.246 e. The molecule has 0 radical (unpaired) electrons. The molecular weight excluding hydrogens is 288 g/mol. The molecule has 0 spiro atoms. The van der Waals surface area contributed by atoms with E-state index in [2.05, 4.69) is 15.2 Å². The standard InChI is InChI=1S/C14H22N4O2S/c1-15-13-4-5-16-10-14(13)21(19,20)18-8-6-17(7-9-18)11-12-2-3-12/h4-5,10,12H,2-3,6-9,11H2,1H3,(H,15,16). The largest absolute Gasteiger partial charge is 0.387 e. The highest BCUT2D eigenvalue weighted by molar-refractivity contribution is 7.89. The molecule has 1 N–H and O–H groups in total. The predicted molar refractivity (Wildman–Crippen MR) is 81.7 cm³/mol. The Hall–Kier alpha value is -1.18. The fourth-order valence-corrected chi connectivity index (χ4v) is 4.31. The van der Waals surface area contributed by atoms with E-state index in [1.54, 1.807) is 23.6 Å². The highest BCUT2D eigenvalue weighted by atomic mass is 32.2. The maximum atomic E-state index is 12.7. The van der Waals surface area contributed by atoms with Crippen molar-refractivity contribution in [2.45, 2.75) is 17.7 Å². The van der Waals surface area contributed by atoms with Gasteiger partial charge in [0.2, 0.25) is 10.0 Å². The van der Waals surface area contributed by atoms with E-state index in [0.717, 1.165) is 25.6 Å². The first kappa shape index (κ1) is 14.7. The lowest BCUT2D eigenvalue weighted by Gasteiger charge is -2.34. The van der Waals surface area contributed by atoms with Gasteiger partial charge in [-0.3, -0.25) is 4.98 Å². The molecule has 2 aliphatic rings. The van der Waals surface area contributed by atoms with Crippen molar-refractivity contribution in [3.63, 3.8) is 0 Å². The highest BCUT2D eigenvalue weighted by Gasteiger charge is 2.32. The van der Waals surface area contributed by atoms with Gasteiger partial charge < -0.3 is 10.2 Å². The van der Waals surface area contributed by atoms with Crippen LogP contribution in [-0.4, -0.2) is 62.4 Å². The van der Waals surface area contributed by atoms with Gasteiger partial charge in [-0.15, -0.1) is 0 Å². The molecule has 1 aliphatic heterocycles. The van der Waals surface area contributed by atoms with Crippen LogP contribution in [0.4, 0.5) is 5.69 Å². The molecule has 21 heavy (non-hydrogen) atoms. The second-order valence-corrected chi connectivity index (χ2v) is 7.68. The summed E-state index contributed by atoms with van der Waals surface area (Å²) in [5.41, 5.74) is 0.602. The molecule has 1 saturated heterocycles. The zero-order valence-electron chi connectivity index (χ0n) is 12.3. The molecule has 116 valence electrons. The first-order chi connectivity index (χ1) is 10.1. The van der Waals surface area contributed by atoms with E-state index in [0.29, 0.717) is 18.8 Å². The minimum Gasteiger partial charge on any atom is -0.387 e. The number of hydrogen-bond acceptors (Lipinski definition) is 5. The summed E-state index contributed by atoms with van der Waals surface area (Å²) in [6.45, 7) is 3.90. The van der Waals surface area contributed by atoms with Crippen LogP contribution in [0.1, 0.15) is 12.8 Å². The summed E-state index contributed by atoms with van der Waals surface area (Å²) >= 11 is 0. The number of pyridine rings is 1.